The number of aryl methyl sites for hydroxylation is 1. The highest BCUT2D eigenvalue weighted by Gasteiger charge is 2.27. The fourth-order valence-corrected chi connectivity index (χ4v) is 2.77. The summed E-state index contributed by atoms with van der Waals surface area (Å²) in [6.07, 6.45) is 2.15. The second-order valence-corrected chi connectivity index (χ2v) is 7.02. The highest BCUT2D eigenvalue weighted by Crippen LogP contribution is 2.34. The van der Waals surface area contributed by atoms with Crippen LogP contribution in [-0.4, -0.2) is 4.98 Å². The van der Waals surface area contributed by atoms with Gasteiger partial charge >= 0.3 is 0 Å². The van der Waals surface area contributed by atoms with Gasteiger partial charge in [-0.05, 0) is 20.3 Å². The van der Waals surface area contributed by atoms with Crippen molar-refractivity contribution in [3.63, 3.8) is 0 Å². The van der Waals surface area contributed by atoms with Gasteiger partial charge in [0, 0.05) is 15.8 Å². The first-order chi connectivity index (χ1) is 7.16. The van der Waals surface area contributed by atoms with Gasteiger partial charge in [-0.2, -0.15) is 0 Å². The minimum Gasteiger partial charge on any atom is -0.321 e. The maximum atomic E-state index is 6.21. The predicted octanol–water partition coefficient (Wildman–Crippen LogP) is 3.59. The molecule has 2 N–H and O–H groups in total. The second-order valence-electron chi connectivity index (χ2n) is 6.02. The number of rotatable bonds is 3. The number of aromatic nitrogens is 1. The van der Waals surface area contributed by atoms with E-state index in [-0.39, 0.29) is 11.0 Å². The van der Waals surface area contributed by atoms with Crippen LogP contribution in [0, 0.1) is 0 Å². The highest BCUT2D eigenvalue weighted by atomic mass is 32.1. The molecule has 3 heteroatoms. The molecule has 1 aromatic heterocycles. The molecule has 0 saturated carbocycles. The van der Waals surface area contributed by atoms with Gasteiger partial charge in [0.15, 0.2) is 0 Å². The molecule has 0 aliphatic carbocycles. The fourth-order valence-electron chi connectivity index (χ4n) is 1.58. The van der Waals surface area contributed by atoms with Crippen LogP contribution in [0.2, 0.25) is 0 Å². The van der Waals surface area contributed by atoms with Gasteiger partial charge in [-0.15, -0.1) is 11.3 Å². The summed E-state index contributed by atoms with van der Waals surface area (Å²) in [6.45, 7) is 12.9. The maximum absolute atomic E-state index is 6.21. The molecule has 0 atom stereocenters. The van der Waals surface area contributed by atoms with Crippen molar-refractivity contribution in [1.82, 2.24) is 4.98 Å². The van der Waals surface area contributed by atoms with Crippen LogP contribution in [-0.2, 0) is 17.4 Å². The Balaban J connectivity index is 3.21. The van der Waals surface area contributed by atoms with Gasteiger partial charge in [-0.25, -0.2) is 4.98 Å². The van der Waals surface area contributed by atoms with Gasteiger partial charge in [-0.3, -0.25) is 0 Å². The van der Waals surface area contributed by atoms with E-state index in [0.717, 1.165) is 12.8 Å². The summed E-state index contributed by atoms with van der Waals surface area (Å²) >= 11 is 1.78. The summed E-state index contributed by atoms with van der Waals surface area (Å²) < 4.78 is 0. The molecule has 16 heavy (non-hydrogen) atoms. The molecule has 1 rings (SSSR count). The highest BCUT2D eigenvalue weighted by molar-refractivity contribution is 7.12. The molecular formula is C13H24N2S. The Morgan fingerprint density at radius 3 is 2.12 bits per heavy atom. The van der Waals surface area contributed by atoms with Crippen molar-refractivity contribution < 1.29 is 0 Å². The van der Waals surface area contributed by atoms with E-state index in [1.165, 1.54) is 15.6 Å². The zero-order valence-electron chi connectivity index (χ0n) is 11.3. The molecule has 0 aromatic carbocycles. The minimum atomic E-state index is -0.272. The minimum absolute atomic E-state index is 0.122. The number of hydrogen-bond acceptors (Lipinski definition) is 3. The van der Waals surface area contributed by atoms with Gasteiger partial charge < -0.3 is 5.73 Å². The normalized spacial score (nSPS) is 13.2. The lowest BCUT2D eigenvalue weighted by Crippen LogP contribution is -2.28. The molecule has 92 valence electrons. The summed E-state index contributed by atoms with van der Waals surface area (Å²) in [5, 5.41) is 1.20. The zero-order valence-corrected chi connectivity index (χ0v) is 12.2. The quantitative estimate of drug-likeness (QED) is 0.877. The summed E-state index contributed by atoms with van der Waals surface area (Å²) in [4.78, 5) is 6.03. The van der Waals surface area contributed by atoms with Crippen molar-refractivity contribution in [2.75, 3.05) is 0 Å². The summed E-state index contributed by atoms with van der Waals surface area (Å²) in [6, 6.07) is 0. The van der Waals surface area contributed by atoms with Gasteiger partial charge in [0.05, 0.1) is 10.7 Å². The maximum Gasteiger partial charge on any atom is 0.0985 e. The Kier molecular flexibility index (Phi) is 3.80. The first-order valence-corrected chi connectivity index (χ1v) is 6.77. The van der Waals surface area contributed by atoms with E-state index in [1.807, 2.05) is 0 Å². The molecule has 0 bridgehead atoms. The summed E-state index contributed by atoms with van der Waals surface area (Å²) in [5.41, 5.74) is 7.26. The first-order valence-electron chi connectivity index (χ1n) is 5.95. The third-order valence-electron chi connectivity index (χ3n) is 2.41. The number of thiazole rings is 1. The molecule has 0 aliphatic heterocycles. The molecule has 0 radical (unpaired) electrons. The number of nitrogens with zero attached hydrogens (tertiary/aromatic N) is 1. The molecule has 1 heterocycles. The van der Waals surface area contributed by atoms with Crippen LogP contribution in [0.15, 0.2) is 0 Å². The Morgan fingerprint density at radius 2 is 1.75 bits per heavy atom. The van der Waals surface area contributed by atoms with E-state index in [9.17, 15) is 0 Å². The van der Waals surface area contributed by atoms with Crippen LogP contribution in [0.5, 0.6) is 0 Å². The lowest BCUT2D eigenvalue weighted by molar-refractivity contribution is 0.556. The third kappa shape index (κ3) is 3.05. The molecular weight excluding hydrogens is 216 g/mol. The molecule has 1 aromatic rings. The Morgan fingerprint density at radius 1 is 1.19 bits per heavy atom. The molecule has 0 aliphatic rings. The molecule has 0 fully saturated rings. The average molecular weight is 240 g/mol. The molecule has 0 amide bonds. The van der Waals surface area contributed by atoms with E-state index in [2.05, 4.69) is 41.5 Å². The summed E-state index contributed by atoms with van der Waals surface area (Å²) in [5.74, 6) is 0. The Bertz CT molecular complexity index is 353. The first kappa shape index (κ1) is 13.7. The summed E-state index contributed by atoms with van der Waals surface area (Å²) in [7, 11) is 0. The van der Waals surface area contributed by atoms with E-state index in [4.69, 9.17) is 10.7 Å². The lowest BCUT2D eigenvalue weighted by atomic mass is 9.98. The third-order valence-corrected chi connectivity index (χ3v) is 4.27. The van der Waals surface area contributed by atoms with E-state index < -0.39 is 0 Å². The van der Waals surface area contributed by atoms with Crippen molar-refractivity contribution in [3.05, 3.63) is 15.6 Å². The molecule has 0 unspecified atom stereocenters. The van der Waals surface area contributed by atoms with Crippen LogP contribution in [0.1, 0.15) is 63.5 Å². The van der Waals surface area contributed by atoms with Crippen molar-refractivity contribution in [1.29, 1.82) is 0 Å². The average Bonchev–Trinajstić information content (AvgIpc) is 2.46. The van der Waals surface area contributed by atoms with Gasteiger partial charge in [0.2, 0.25) is 0 Å². The van der Waals surface area contributed by atoms with Crippen molar-refractivity contribution in [3.8, 4) is 0 Å². The van der Waals surface area contributed by atoms with E-state index >= 15 is 0 Å². The fraction of sp³-hybridized carbons (Fsp3) is 0.769. The predicted molar refractivity (Wildman–Crippen MR) is 72.0 cm³/mol. The monoisotopic (exact) mass is 240 g/mol. The van der Waals surface area contributed by atoms with Crippen LogP contribution in [0.3, 0.4) is 0 Å². The molecule has 0 spiro atoms. The van der Waals surface area contributed by atoms with E-state index in [0.29, 0.717) is 0 Å². The van der Waals surface area contributed by atoms with Gasteiger partial charge in [-0.1, -0.05) is 34.1 Å². The van der Waals surface area contributed by atoms with Crippen LogP contribution >= 0.6 is 11.3 Å². The van der Waals surface area contributed by atoms with E-state index in [1.54, 1.807) is 11.3 Å². The smallest absolute Gasteiger partial charge is 0.0985 e. The largest absolute Gasteiger partial charge is 0.321 e. The SMILES string of the molecule is CCCc1nc(C(C)(C)C)sc1C(C)(C)N. The molecule has 0 saturated heterocycles. The van der Waals surface area contributed by atoms with Crippen LogP contribution < -0.4 is 5.73 Å². The topological polar surface area (TPSA) is 38.9 Å². The number of hydrogen-bond donors (Lipinski definition) is 1. The zero-order chi connectivity index (χ0) is 12.6. The van der Waals surface area contributed by atoms with Crippen molar-refractivity contribution in [2.45, 2.75) is 65.3 Å². The second kappa shape index (κ2) is 4.46. The van der Waals surface area contributed by atoms with Crippen molar-refractivity contribution in [2.24, 2.45) is 5.73 Å². The van der Waals surface area contributed by atoms with Crippen LogP contribution in [0.25, 0.3) is 0 Å². The lowest BCUT2D eigenvalue weighted by Gasteiger charge is -2.18. The van der Waals surface area contributed by atoms with Gasteiger partial charge in [0.25, 0.3) is 0 Å². The standard InChI is InChI=1S/C13H24N2S/c1-7-8-9-10(13(5,6)14)16-11(15-9)12(2,3)4/h7-8,14H2,1-6H3. The Labute approximate surface area is 103 Å². The van der Waals surface area contributed by atoms with Gasteiger partial charge in [0.1, 0.15) is 0 Å². The number of nitrogens with two attached hydrogens (primary N) is 1. The van der Waals surface area contributed by atoms with Crippen LogP contribution in [0.4, 0.5) is 0 Å². The Hall–Kier alpha value is -0.410. The van der Waals surface area contributed by atoms with Crippen molar-refractivity contribution >= 4 is 11.3 Å². The molecule has 2 nitrogen and oxygen atoms in total.